The van der Waals surface area contributed by atoms with Gasteiger partial charge >= 0.3 is 0 Å². The van der Waals surface area contributed by atoms with Gasteiger partial charge in [0, 0.05) is 24.3 Å². The number of aryl methyl sites for hydroxylation is 2. The normalized spacial score (nSPS) is 11.7. The van der Waals surface area contributed by atoms with Gasteiger partial charge in [0.05, 0.1) is 0 Å². The molecule has 0 fully saturated rings. The number of nitrogens with two attached hydrogens (primary N) is 1. The van der Waals surface area contributed by atoms with Crippen molar-refractivity contribution >= 4 is 5.82 Å². The Hall–Kier alpha value is -1.09. The molecular formula is C16H29N3. The number of anilines is 1. The zero-order valence-corrected chi connectivity index (χ0v) is 13.2. The summed E-state index contributed by atoms with van der Waals surface area (Å²) in [5.41, 5.74) is 9.25. The summed E-state index contributed by atoms with van der Waals surface area (Å²) in [7, 11) is 0. The first-order chi connectivity index (χ1) is 8.86. The van der Waals surface area contributed by atoms with Gasteiger partial charge in [-0.3, -0.25) is 0 Å². The van der Waals surface area contributed by atoms with Crippen molar-refractivity contribution in [3.05, 3.63) is 22.9 Å². The molecule has 0 aliphatic rings. The molecule has 3 nitrogen and oxygen atoms in total. The molecule has 0 radical (unpaired) electrons. The van der Waals surface area contributed by atoms with E-state index in [9.17, 15) is 0 Å². The maximum absolute atomic E-state index is 5.85. The van der Waals surface area contributed by atoms with Gasteiger partial charge in [0.1, 0.15) is 5.82 Å². The van der Waals surface area contributed by atoms with Crippen molar-refractivity contribution in [2.75, 3.05) is 11.9 Å². The Balaban J connectivity index is 2.87. The van der Waals surface area contributed by atoms with E-state index >= 15 is 0 Å². The smallest absolute Gasteiger partial charge is 0.131 e. The van der Waals surface area contributed by atoms with E-state index in [1.165, 1.54) is 5.56 Å². The average Bonchev–Trinajstić information content (AvgIpc) is 2.27. The van der Waals surface area contributed by atoms with Gasteiger partial charge in [0.2, 0.25) is 0 Å². The minimum absolute atomic E-state index is 0.537. The third-order valence-electron chi connectivity index (χ3n) is 3.90. The molecule has 19 heavy (non-hydrogen) atoms. The van der Waals surface area contributed by atoms with Crippen molar-refractivity contribution in [1.82, 2.24) is 4.98 Å². The number of hydrogen-bond donors (Lipinski definition) is 2. The monoisotopic (exact) mass is 263 g/mol. The van der Waals surface area contributed by atoms with Crippen LogP contribution in [0.1, 0.15) is 44.5 Å². The van der Waals surface area contributed by atoms with Gasteiger partial charge in [0.25, 0.3) is 0 Å². The summed E-state index contributed by atoms with van der Waals surface area (Å²) in [6.45, 7) is 14.8. The van der Waals surface area contributed by atoms with Crippen molar-refractivity contribution in [2.45, 2.75) is 48.1 Å². The molecule has 0 atom stereocenters. The van der Waals surface area contributed by atoms with E-state index in [0.717, 1.165) is 23.6 Å². The highest BCUT2D eigenvalue weighted by Gasteiger charge is 2.18. The van der Waals surface area contributed by atoms with E-state index in [4.69, 9.17) is 5.73 Å². The standard InChI is InChI=1S/C16H29N3/c1-10(2)15(11(3)4)9-18-16-14(8-17)12(5)7-13(6)19-16/h7,10-11,15H,8-9,17H2,1-6H3,(H,18,19). The number of nitrogens with one attached hydrogen (secondary N) is 1. The van der Waals surface area contributed by atoms with E-state index in [1.54, 1.807) is 0 Å². The second kappa shape index (κ2) is 6.90. The molecule has 0 aromatic carbocycles. The Morgan fingerprint density at radius 2 is 1.74 bits per heavy atom. The third kappa shape index (κ3) is 4.20. The van der Waals surface area contributed by atoms with E-state index in [2.05, 4.69) is 51.0 Å². The lowest BCUT2D eigenvalue weighted by molar-refractivity contribution is 0.304. The van der Waals surface area contributed by atoms with Gasteiger partial charge in [-0.05, 0) is 43.2 Å². The number of hydrogen-bond acceptors (Lipinski definition) is 3. The lowest BCUT2D eigenvalue weighted by Gasteiger charge is -2.26. The van der Waals surface area contributed by atoms with Crippen LogP contribution in [0.2, 0.25) is 0 Å². The summed E-state index contributed by atoms with van der Waals surface area (Å²) >= 11 is 0. The van der Waals surface area contributed by atoms with Gasteiger partial charge < -0.3 is 11.1 Å². The number of aromatic nitrogens is 1. The molecule has 0 unspecified atom stereocenters. The Morgan fingerprint density at radius 1 is 1.16 bits per heavy atom. The second-order valence-electron chi connectivity index (χ2n) is 6.14. The van der Waals surface area contributed by atoms with Crippen LogP contribution in [-0.2, 0) is 6.54 Å². The molecule has 0 saturated heterocycles. The summed E-state index contributed by atoms with van der Waals surface area (Å²) in [6.07, 6.45) is 0. The van der Waals surface area contributed by atoms with Gasteiger partial charge in [-0.2, -0.15) is 0 Å². The van der Waals surface area contributed by atoms with Gasteiger partial charge in [-0.25, -0.2) is 4.98 Å². The third-order valence-corrected chi connectivity index (χ3v) is 3.90. The van der Waals surface area contributed by atoms with Crippen molar-refractivity contribution in [3.63, 3.8) is 0 Å². The highest BCUT2D eigenvalue weighted by atomic mass is 15.0. The maximum Gasteiger partial charge on any atom is 0.131 e. The highest BCUT2D eigenvalue weighted by molar-refractivity contribution is 5.49. The first-order valence-corrected chi connectivity index (χ1v) is 7.27. The topological polar surface area (TPSA) is 50.9 Å². The number of pyridine rings is 1. The van der Waals surface area contributed by atoms with Crippen LogP contribution in [0.25, 0.3) is 0 Å². The molecule has 1 heterocycles. The molecule has 0 amide bonds. The van der Waals surface area contributed by atoms with Crippen LogP contribution in [0.4, 0.5) is 5.82 Å². The Morgan fingerprint density at radius 3 is 2.21 bits per heavy atom. The Bertz CT molecular complexity index is 403. The maximum atomic E-state index is 5.85. The highest BCUT2D eigenvalue weighted by Crippen LogP contribution is 2.23. The van der Waals surface area contributed by atoms with Crippen LogP contribution in [-0.4, -0.2) is 11.5 Å². The fraction of sp³-hybridized carbons (Fsp3) is 0.688. The van der Waals surface area contributed by atoms with Crippen LogP contribution in [0.5, 0.6) is 0 Å². The van der Waals surface area contributed by atoms with Gasteiger partial charge in [-0.15, -0.1) is 0 Å². The van der Waals surface area contributed by atoms with Crippen LogP contribution < -0.4 is 11.1 Å². The van der Waals surface area contributed by atoms with Crippen LogP contribution >= 0.6 is 0 Å². The molecule has 1 rings (SSSR count). The van der Waals surface area contributed by atoms with Crippen LogP contribution in [0.3, 0.4) is 0 Å². The molecule has 1 aromatic heterocycles. The first-order valence-electron chi connectivity index (χ1n) is 7.27. The summed E-state index contributed by atoms with van der Waals surface area (Å²) in [5, 5.41) is 3.52. The minimum atomic E-state index is 0.537. The second-order valence-corrected chi connectivity index (χ2v) is 6.14. The summed E-state index contributed by atoms with van der Waals surface area (Å²) in [4.78, 5) is 4.60. The van der Waals surface area contributed by atoms with Crippen molar-refractivity contribution in [2.24, 2.45) is 23.5 Å². The molecule has 0 spiro atoms. The predicted octanol–water partition coefficient (Wildman–Crippen LogP) is 3.50. The van der Waals surface area contributed by atoms with E-state index in [-0.39, 0.29) is 0 Å². The Labute approximate surface area is 118 Å². The molecular weight excluding hydrogens is 234 g/mol. The minimum Gasteiger partial charge on any atom is -0.369 e. The van der Waals surface area contributed by atoms with Crippen LogP contribution in [0, 0.1) is 31.6 Å². The average molecular weight is 263 g/mol. The SMILES string of the molecule is Cc1cc(C)c(CN)c(NCC(C(C)C)C(C)C)n1. The fourth-order valence-corrected chi connectivity index (χ4v) is 2.72. The summed E-state index contributed by atoms with van der Waals surface area (Å²) < 4.78 is 0. The molecule has 3 N–H and O–H groups in total. The lowest BCUT2D eigenvalue weighted by Crippen LogP contribution is -2.25. The zero-order valence-electron chi connectivity index (χ0n) is 13.2. The molecule has 0 bridgehead atoms. The summed E-state index contributed by atoms with van der Waals surface area (Å²) in [5.74, 6) is 2.94. The molecule has 108 valence electrons. The lowest BCUT2D eigenvalue weighted by atomic mass is 9.85. The van der Waals surface area contributed by atoms with E-state index in [0.29, 0.717) is 24.3 Å². The number of rotatable bonds is 6. The number of nitrogens with zero attached hydrogens (tertiary/aromatic N) is 1. The van der Waals surface area contributed by atoms with Crippen molar-refractivity contribution in [1.29, 1.82) is 0 Å². The van der Waals surface area contributed by atoms with Gasteiger partial charge in [0.15, 0.2) is 0 Å². The predicted molar refractivity (Wildman–Crippen MR) is 83.3 cm³/mol. The van der Waals surface area contributed by atoms with Crippen molar-refractivity contribution < 1.29 is 0 Å². The van der Waals surface area contributed by atoms with E-state index < -0.39 is 0 Å². The van der Waals surface area contributed by atoms with Crippen LogP contribution in [0.15, 0.2) is 6.07 Å². The van der Waals surface area contributed by atoms with Crippen molar-refractivity contribution in [3.8, 4) is 0 Å². The Kier molecular flexibility index (Phi) is 5.80. The molecule has 0 saturated carbocycles. The van der Waals surface area contributed by atoms with Gasteiger partial charge in [-0.1, -0.05) is 27.7 Å². The fourth-order valence-electron chi connectivity index (χ4n) is 2.72. The molecule has 1 aromatic rings. The molecule has 3 heteroatoms. The quantitative estimate of drug-likeness (QED) is 0.826. The molecule has 0 aliphatic heterocycles. The first kappa shape index (κ1) is 16.0. The summed E-state index contributed by atoms with van der Waals surface area (Å²) in [6, 6.07) is 2.09. The van der Waals surface area contributed by atoms with E-state index in [1.807, 2.05) is 6.92 Å². The largest absolute Gasteiger partial charge is 0.369 e. The zero-order chi connectivity index (χ0) is 14.6. The molecule has 0 aliphatic carbocycles.